The monoisotopic (exact) mass is 283 g/mol. The lowest BCUT2D eigenvalue weighted by molar-refractivity contribution is 0.621. The van der Waals surface area contributed by atoms with Crippen molar-refractivity contribution in [2.75, 3.05) is 0 Å². The summed E-state index contributed by atoms with van der Waals surface area (Å²) in [7, 11) is 0. The molecule has 1 aromatic heterocycles. The van der Waals surface area contributed by atoms with Crippen LogP contribution in [0, 0.1) is 11.6 Å². The standard InChI is InChI=1S/C12H8BrF2N/c13-6-8-5-11(15)12(16-7-8)9-1-3-10(14)4-2-9/h1-5,7H,6H2. The summed E-state index contributed by atoms with van der Waals surface area (Å²) in [6.07, 6.45) is 1.59. The summed E-state index contributed by atoms with van der Waals surface area (Å²) in [5, 5.41) is 0.556. The van der Waals surface area contributed by atoms with E-state index in [-0.39, 0.29) is 11.5 Å². The topological polar surface area (TPSA) is 12.9 Å². The van der Waals surface area contributed by atoms with E-state index in [1.165, 1.54) is 30.3 Å². The van der Waals surface area contributed by atoms with Crippen molar-refractivity contribution in [3.8, 4) is 11.3 Å². The van der Waals surface area contributed by atoms with E-state index in [1.807, 2.05) is 0 Å². The van der Waals surface area contributed by atoms with Crippen LogP contribution in [0.4, 0.5) is 8.78 Å². The fourth-order valence-corrected chi connectivity index (χ4v) is 1.68. The molecular weight excluding hydrogens is 276 g/mol. The molecule has 0 unspecified atom stereocenters. The van der Waals surface area contributed by atoms with Gasteiger partial charge in [0.2, 0.25) is 0 Å². The van der Waals surface area contributed by atoms with Gasteiger partial charge in [0.1, 0.15) is 17.3 Å². The average Bonchev–Trinajstić information content (AvgIpc) is 2.30. The second kappa shape index (κ2) is 4.70. The Kier molecular flexibility index (Phi) is 3.29. The zero-order chi connectivity index (χ0) is 11.5. The van der Waals surface area contributed by atoms with Crippen molar-refractivity contribution in [2.24, 2.45) is 0 Å². The summed E-state index contributed by atoms with van der Waals surface area (Å²) in [6, 6.07) is 7.01. The van der Waals surface area contributed by atoms with Gasteiger partial charge in [0.25, 0.3) is 0 Å². The number of alkyl halides is 1. The molecule has 0 amide bonds. The molecule has 0 aliphatic rings. The fourth-order valence-electron chi connectivity index (χ4n) is 1.37. The van der Waals surface area contributed by atoms with Crippen molar-refractivity contribution >= 4 is 15.9 Å². The summed E-state index contributed by atoms with van der Waals surface area (Å²) in [5.41, 5.74) is 1.58. The van der Waals surface area contributed by atoms with Crippen LogP contribution in [0.1, 0.15) is 5.56 Å². The Hall–Kier alpha value is -1.29. The summed E-state index contributed by atoms with van der Waals surface area (Å²) >= 11 is 3.23. The van der Waals surface area contributed by atoms with Gasteiger partial charge in [-0.3, -0.25) is 4.98 Å². The van der Waals surface area contributed by atoms with Crippen LogP contribution in [0.2, 0.25) is 0 Å². The second-order valence-electron chi connectivity index (χ2n) is 3.31. The molecule has 1 nitrogen and oxygen atoms in total. The molecule has 2 aromatic rings. The summed E-state index contributed by atoms with van der Waals surface area (Å²) in [4.78, 5) is 4.02. The highest BCUT2D eigenvalue weighted by Gasteiger charge is 2.07. The normalized spacial score (nSPS) is 10.4. The van der Waals surface area contributed by atoms with Crippen LogP contribution in [0.3, 0.4) is 0 Å². The maximum Gasteiger partial charge on any atom is 0.149 e. The van der Waals surface area contributed by atoms with Gasteiger partial charge < -0.3 is 0 Å². The first-order valence-corrected chi connectivity index (χ1v) is 5.79. The third kappa shape index (κ3) is 2.27. The molecule has 0 aliphatic carbocycles. The van der Waals surface area contributed by atoms with Crippen molar-refractivity contribution < 1.29 is 8.78 Å². The van der Waals surface area contributed by atoms with Crippen LogP contribution in [-0.4, -0.2) is 4.98 Å². The summed E-state index contributed by atoms with van der Waals surface area (Å²) in [5.74, 6) is -0.746. The number of benzene rings is 1. The highest BCUT2D eigenvalue weighted by atomic mass is 79.9. The zero-order valence-corrected chi connectivity index (χ0v) is 9.84. The predicted octanol–water partition coefficient (Wildman–Crippen LogP) is 3.92. The molecule has 1 heterocycles. The molecule has 1 aromatic carbocycles. The third-order valence-corrected chi connectivity index (χ3v) is 2.82. The van der Waals surface area contributed by atoms with E-state index in [0.29, 0.717) is 10.9 Å². The minimum Gasteiger partial charge on any atom is -0.253 e. The molecule has 0 N–H and O–H groups in total. The minimum absolute atomic E-state index is 0.240. The van der Waals surface area contributed by atoms with Gasteiger partial charge in [-0.25, -0.2) is 8.78 Å². The molecule has 0 fully saturated rings. The smallest absolute Gasteiger partial charge is 0.149 e. The number of hydrogen-bond donors (Lipinski definition) is 0. The van der Waals surface area contributed by atoms with E-state index in [0.717, 1.165) is 5.56 Å². The highest BCUT2D eigenvalue weighted by Crippen LogP contribution is 2.21. The molecule has 0 saturated heterocycles. The quantitative estimate of drug-likeness (QED) is 0.762. The van der Waals surface area contributed by atoms with Crippen LogP contribution in [0.15, 0.2) is 36.5 Å². The third-order valence-electron chi connectivity index (χ3n) is 2.17. The average molecular weight is 284 g/mol. The Labute approximate surface area is 100 Å². The van der Waals surface area contributed by atoms with Crippen LogP contribution < -0.4 is 0 Å². The fraction of sp³-hybridized carbons (Fsp3) is 0.0833. The van der Waals surface area contributed by atoms with E-state index >= 15 is 0 Å². The van der Waals surface area contributed by atoms with E-state index in [4.69, 9.17) is 0 Å². The van der Waals surface area contributed by atoms with E-state index in [9.17, 15) is 8.78 Å². The SMILES string of the molecule is Fc1ccc(-c2ncc(CBr)cc2F)cc1. The number of aromatic nitrogens is 1. The van der Waals surface area contributed by atoms with Crippen LogP contribution in [0.25, 0.3) is 11.3 Å². The van der Waals surface area contributed by atoms with Crippen molar-refractivity contribution in [3.05, 3.63) is 53.7 Å². The van der Waals surface area contributed by atoms with Gasteiger partial charge in [0, 0.05) is 17.1 Å². The minimum atomic E-state index is -0.399. The van der Waals surface area contributed by atoms with E-state index < -0.39 is 5.82 Å². The molecule has 0 saturated carbocycles. The van der Waals surface area contributed by atoms with E-state index in [1.54, 1.807) is 6.20 Å². The molecule has 0 radical (unpaired) electrons. The number of hydrogen-bond acceptors (Lipinski definition) is 1. The molecular formula is C12H8BrF2N. The first-order valence-electron chi connectivity index (χ1n) is 4.67. The maximum atomic E-state index is 13.6. The van der Waals surface area contributed by atoms with Crippen LogP contribution >= 0.6 is 15.9 Å². The summed E-state index contributed by atoms with van der Waals surface area (Å²) in [6.45, 7) is 0. The lowest BCUT2D eigenvalue weighted by Crippen LogP contribution is -1.91. The van der Waals surface area contributed by atoms with Gasteiger partial charge in [-0.1, -0.05) is 15.9 Å². The van der Waals surface area contributed by atoms with Crippen molar-refractivity contribution in [2.45, 2.75) is 5.33 Å². The Morgan fingerprint density at radius 1 is 1.12 bits per heavy atom. The molecule has 0 bridgehead atoms. The zero-order valence-electron chi connectivity index (χ0n) is 8.25. The number of pyridine rings is 1. The molecule has 2 rings (SSSR count). The van der Waals surface area contributed by atoms with Gasteiger partial charge in [-0.05, 0) is 35.9 Å². The first-order chi connectivity index (χ1) is 7.70. The Bertz CT molecular complexity index is 497. The largest absolute Gasteiger partial charge is 0.253 e. The first kappa shape index (κ1) is 11.2. The Morgan fingerprint density at radius 2 is 1.81 bits per heavy atom. The number of rotatable bonds is 2. The lowest BCUT2D eigenvalue weighted by Gasteiger charge is -2.03. The Morgan fingerprint density at radius 3 is 2.38 bits per heavy atom. The van der Waals surface area contributed by atoms with Gasteiger partial charge in [-0.15, -0.1) is 0 Å². The van der Waals surface area contributed by atoms with E-state index in [2.05, 4.69) is 20.9 Å². The summed E-state index contributed by atoms with van der Waals surface area (Å²) < 4.78 is 26.3. The lowest BCUT2D eigenvalue weighted by atomic mass is 10.1. The molecule has 0 spiro atoms. The van der Waals surface area contributed by atoms with Gasteiger partial charge in [-0.2, -0.15) is 0 Å². The predicted molar refractivity (Wildman–Crippen MR) is 62.2 cm³/mol. The van der Waals surface area contributed by atoms with Crippen molar-refractivity contribution in [1.82, 2.24) is 4.98 Å². The van der Waals surface area contributed by atoms with Crippen molar-refractivity contribution in [1.29, 1.82) is 0 Å². The highest BCUT2D eigenvalue weighted by molar-refractivity contribution is 9.08. The maximum absolute atomic E-state index is 13.6. The van der Waals surface area contributed by atoms with Crippen molar-refractivity contribution in [3.63, 3.8) is 0 Å². The van der Waals surface area contributed by atoms with Crippen LogP contribution in [0.5, 0.6) is 0 Å². The van der Waals surface area contributed by atoms with Gasteiger partial charge in [0.05, 0.1) is 0 Å². The molecule has 4 heteroatoms. The second-order valence-corrected chi connectivity index (χ2v) is 3.88. The number of halogens is 3. The molecule has 0 atom stereocenters. The van der Waals surface area contributed by atoms with Gasteiger partial charge in [0.15, 0.2) is 0 Å². The van der Waals surface area contributed by atoms with Gasteiger partial charge >= 0.3 is 0 Å². The molecule has 16 heavy (non-hydrogen) atoms. The molecule has 0 aliphatic heterocycles. The number of nitrogens with zero attached hydrogens (tertiary/aromatic N) is 1. The molecule has 82 valence electrons. The Balaban J connectivity index is 2.44. The van der Waals surface area contributed by atoms with Crippen LogP contribution in [-0.2, 0) is 5.33 Å².